The molecule has 1 aromatic carbocycles. The monoisotopic (exact) mass is 342 g/mol. The van der Waals surface area contributed by atoms with E-state index in [4.69, 9.17) is 4.74 Å². The minimum Gasteiger partial charge on any atom is -0.381 e. The van der Waals surface area contributed by atoms with Crippen LogP contribution in [0.15, 0.2) is 22.7 Å². The SMILES string of the molecule is O=[N+]([O-])c1ccc(Br)cc1CNCCCOCC1CC1. The molecule has 110 valence electrons. The molecule has 0 saturated heterocycles. The van der Waals surface area contributed by atoms with Crippen LogP contribution in [0, 0.1) is 16.0 Å². The molecule has 0 unspecified atom stereocenters. The number of ether oxygens (including phenoxy) is 1. The molecule has 0 aliphatic heterocycles. The first-order valence-electron chi connectivity index (χ1n) is 6.88. The molecule has 1 aliphatic carbocycles. The summed E-state index contributed by atoms with van der Waals surface area (Å²) in [6, 6.07) is 5.00. The van der Waals surface area contributed by atoms with Crippen LogP contribution in [0.5, 0.6) is 0 Å². The van der Waals surface area contributed by atoms with Gasteiger partial charge in [0, 0.05) is 35.9 Å². The second-order valence-electron chi connectivity index (χ2n) is 5.08. The molecule has 1 saturated carbocycles. The summed E-state index contributed by atoms with van der Waals surface area (Å²) in [5.74, 6) is 0.798. The van der Waals surface area contributed by atoms with Gasteiger partial charge in [0.15, 0.2) is 0 Å². The van der Waals surface area contributed by atoms with E-state index in [0.29, 0.717) is 12.1 Å². The Morgan fingerprint density at radius 3 is 2.95 bits per heavy atom. The Hall–Kier alpha value is -0.980. The summed E-state index contributed by atoms with van der Waals surface area (Å²) in [5.41, 5.74) is 0.856. The molecular weight excluding hydrogens is 324 g/mol. The fraction of sp³-hybridized carbons (Fsp3) is 0.571. The van der Waals surface area contributed by atoms with E-state index in [1.807, 2.05) is 0 Å². The Kier molecular flexibility index (Phi) is 5.94. The van der Waals surface area contributed by atoms with Gasteiger partial charge in [-0.15, -0.1) is 0 Å². The molecule has 0 amide bonds. The van der Waals surface area contributed by atoms with Gasteiger partial charge >= 0.3 is 0 Å². The van der Waals surface area contributed by atoms with Gasteiger partial charge in [0.05, 0.1) is 4.92 Å². The molecule has 0 bridgehead atoms. The maximum Gasteiger partial charge on any atom is 0.273 e. The highest BCUT2D eigenvalue weighted by Gasteiger charge is 2.20. The van der Waals surface area contributed by atoms with Crippen molar-refractivity contribution < 1.29 is 9.66 Å². The Bertz CT molecular complexity index is 464. The molecule has 20 heavy (non-hydrogen) atoms. The third-order valence-electron chi connectivity index (χ3n) is 3.25. The summed E-state index contributed by atoms with van der Waals surface area (Å²) in [6.07, 6.45) is 3.55. The van der Waals surface area contributed by atoms with Gasteiger partial charge < -0.3 is 10.1 Å². The van der Waals surface area contributed by atoms with E-state index >= 15 is 0 Å². The van der Waals surface area contributed by atoms with Gasteiger partial charge in [0.1, 0.15) is 0 Å². The predicted molar refractivity (Wildman–Crippen MR) is 80.7 cm³/mol. The van der Waals surface area contributed by atoms with Crippen molar-refractivity contribution in [2.75, 3.05) is 19.8 Å². The van der Waals surface area contributed by atoms with E-state index in [0.717, 1.165) is 36.6 Å². The van der Waals surface area contributed by atoms with Crippen LogP contribution in [-0.2, 0) is 11.3 Å². The molecule has 1 N–H and O–H groups in total. The lowest BCUT2D eigenvalue weighted by atomic mass is 10.2. The average Bonchev–Trinajstić information content (AvgIpc) is 3.21. The highest BCUT2D eigenvalue weighted by Crippen LogP contribution is 2.28. The van der Waals surface area contributed by atoms with Crippen molar-refractivity contribution in [3.8, 4) is 0 Å². The minimum atomic E-state index is -0.345. The number of nitrogens with zero attached hydrogens (tertiary/aromatic N) is 1. The lowest BCUT2D eigenvalue weighted by Gasteiger charge is -2.07. The first-order chi connectivity index (χ1) is 9.66. The molecule has 1 aromatic rings. The molecule has 0 spiro atoms. The summed E-state index contributed by atoms with van der Waals surface area (Å²) in [5, 5.41) is 14.1. The maximum atomic E-state index is 10.9. The number of halogens is 1. The van der Waals surface area contributed by atoms with Crippen molar-refractivity contribution in [2.24, 2.45) is 5.92 Å². The average molecular weight is 343 g/mol. The van der Waals surface area contributed by atoms with Gasteiger partial charge in [-0.3, -0.25) is 10.1 Å². The number of rotatable bonds is 9. The fourth-order valence-electron chi connectivity index (χ4n) is 1.93. The quantitative estimate of drug-likeness (QED) is 0.425. The van der Waals surface area contributed by atoms with E-state index in [2.05, 4.69) is 21.2 Å². The number of hydrogen-bond acceptors (Lipinski definition) is 4. The zero-order chi connectivity index (χ0) is 14.4. The van der Waals surface area contributed by atoms with Gasteiger partial charge in [-0.25, -0.2) is 0 Å². The first-order valence-corrected chi connectivity index (χ1v) is 7.67. The molecule has 1 fully saturated rings. The van der Waals surface area contributed by atoms with Crippen LogP contribution in [0.4, 0.5) is 5.69 Å². The lowest BCUT2D eigenvalue weighted by molar-refractivity contribution is -0.385. The smallest absolute Gasteiger partial charge is 0.273 e. The van der Waals surface area contributed by atoms with Crippen LogP contribution >= 0.6 is 15.9 Å². The van der Waals surface area contributed by atoms with Crippen LogP contribution in [0.1, 0.15) is 24.8 Å². The minimum absolute atomic E-state index is 0.158. The van der Waals surface area contributed by atoms with E-state index in [-0.39, 0.29) is 10.6 Å². The summed E-state index contributed by atoms with van der Waals surface area (Å²) < 4.78 is 6.39. The molecule has 2 rings (SSSR count). The van der Waals surface area contributed by atoms with Gasteiger partial charge in [-0.05, 0) is 43.9 Å². The van der Waals surface area contributed by atoms with Crippen LogP contribution in [0.25, 0.3) is 0 Å². The second kappa shape index (κ2) is 7.71. The summed E-state index contributed by atoms with van der Waals surface area (Å²) in [7, 11) is 0. The standard InChI is InChI=1S/C14H19BrN2O3/c15-13-4-5-14(17(18)19)12(8-13)9-16-6-1-7-20-10-11-2-3-11/h4-5,8,11,16H,1-3,6-7,9-10H2. The largest absolute Gasteiger partial charge is 0.381 e. The number of nitro groups is 1. The second-order valence-corrected chi connectivity index (χ2v) is 5.99. The van der Waals surface area contributed by atoms with E-state index in [1.165, 1.54) is 18.9 Å². The molecular formula is C14H19BrN2O3. The number of nitrogens with one attached hydrogen (secondary N) is 1. The van der Waals surface area contributed by atoms with Crippen LogP contribution < -0.4 is 5.32 Å². The van der Waals surface area contributed by atoms with Gasteiger partial charge in [-0.1, -0.05) is 15.9 Å². The van der Waals surface area contributed by atoms with E-state index in [9.17, 15) is 10.1 Å². The Morgan fingerprint density at radius 1 is 1.45 bits per heavy atom. The third kappa shape index (κ3) is 5.19. The van der Waals surface area contributed by atoms with Crippen LogP contribution in [-0.4, -0.2) is 24.7 Å². The van der Waals surface area contributed by atoms with Gasteiger partial charge in [0.25, 0.3) is 5.69 Å². The Balaban J connectivity index is 1.67. The van der Waals surface area contributed by atoms with E-state index < -0.39 is 0 Å². The van der Waals surface area contributed by atoms with Crippen molar-refractivity contribution in [1.82, 2.24) is 5.32 Å². The zero-order valence-electron chi connectivity index (χ0n) is 11.3. The van der Waals surface area contributed by atoms with Gasteiger partial charge in [0.2, 0.25) is 0 Å². The number of hydrogen-bond donors (Lipinski definition) is 1. The highest BCUT2D eigenvalue weighted by molar-refractivity contribution is 9.10. The van der Waals surface area contributed by atoms with E-state index in [1.54, 1.807) is 12.1 Å². The van der Waals surface area contributed by atoms with Crippen LogP contribution in [0.3, 0.4) is 0 Å². The summed E-state index contributed by atoms with van der Waals surface area (Å²) in [6.45, 7) is 2.94. The maximum absolute atomic E-state index is 10.9. The molecule has 6 heteroatoms. The summed E-state index contributed by atoms with van der Waals surface area (Å²) >= 11 is 3.34. The predicted octanol–water partition coefficient (Wildman–Crippen LogP) is 3.26. The molecule has 0 atom stereocenters. The first kappa shape index (κ1) is 15.4. The van der Waals surface area contributed by atoms with Gasteiger partial charge in [-0.2, -0.15) is 0 Å². The molecule has 1 aliphatic rings. The molecule has 5 nitrogen and oxygen atoms in total. The topological polar surface area (TPSA) is 64.4 Å². The summed E-state index contributed by atoms with van der Waals surface area (Å²) in [4.78, 5) is 10.6. The van der Waals surface area contributed by atoms with Crippen molar-refractivity contribution in [3.63, 3.8) is 0 Å². The molecule has 0 heterocycles. The van der Waals surface area contributed by atoms with Crippen molar-refractivity contribution in [1.29, 1.82) is 0 Å². The molecule has 0 radical (unpaired) electrons. The van der Waals surface area contributed by atoms with Crippen molar-refractivity contribution in [3.05, 3.63) is 38.3 Å². The third-order valence-corrected chi connectivity index (χ3v) is 3.74. The zero-order valence-corrected chi connectivity index (χ0v) is 12.9. The van der Waals surface area contributed by atoms with Crippen LogP contribution in [0.2, 0.25) is 0 Å². The normalized spacial score (nSPS) is 14.4. The van der Waals surface area contributed by atoms with Crippen molar-refractivity contribution in [2.45, 2.75) is 25.8 Å². The number of nitro benzene ring substituents is 1. The number of benzene rings is 1. The lowest BCUT2D eigenvalue weighted by Crippen LogP contribution is -2.17. The fourth-order valence-corrected chi connectivity index (χ4v) is 2.34. The molecule has 0 aromatic heterocycles. The Labute approximate surface area is 127 Å². The van der Waals surface area contributed by atoms with Crippen molar-refractivity contribution >= 4 is 21.6 Å². The highest BCUT2D eigenvalue weighted by atomic mass is 79.9. The Morgan fingerprint density at radius 2 is 2.25 bits per heavy atom.